The fraction of sp³-hybridized carbons (Fsp3) is 0.100. The molecule has 3 rings (SSSR count). The molecule has 0 saturated heterocycles. The normalized spacial score (nSPS) is 10.3. The Bertz CT molecular complexity index is 878. The molecule has 0 fully saturated rings. The molecule has 0 aliphatic heterocycles. The van der Waals surface area contributed by atoms with E-state index in [9.17, 15) is 4.79 Å². The van der Waals surface area contributed by atoms with Gasteiger partial charge in [-0.1, -0.05) is 42.0 Å². The zero-order chi connectivity index (χ0) is 17.6. The first kappa shape index (κ1) is 17.2. The highest BCUT2D eigenvalue weighted by molar-refractivity contribution is 9.10. The maximum absolute atomic E-state index is 12.4. The Morgan fingerprint density at radius 1 is 1.08 bits per heavy atom. The number of halogens is 1. The van der Waals surface area contributed by atoms with Crippen molar-refractivity contribution in [2.75, 3.05) is 5.32 Å². The number of para-hydroxylation sites is 1. The number of carbonyl (C=O) groups is 1. The largest absolute Gasteiger partial charge is 0.353 e. The molecule has 4 nitrogen and oxygen atoms in total. The summed E-state index contributed by atoms with van der Waals surface area (Å²) in [7, 11) is 0. The van der Waals surface area contributed by atoms with Gasteiger partial charge in [-0.2, -0.15) is 0 Å². The van der Waals surface area contributed by atoms with E-state index in [1.54, 1.807) is 18.5 Å². The first-order chi connectivity index (χ1) is 12.1. The summed E-state index contributed by atoms with van der Waals surface area (Å²) in [6, 6.07) is 17.7. The lowest BCUT2D eigenvalue weighted by Crippen LogP contribution is -2.23. The van der Waals surface area contributed by atoms with Gasteiger partial charge in [0.15, 0.2) is 0 Å². The lowest BCUT2D eigenvalue weighted by Gasteiger charge is -2.10. The molecule has 1 amide bonds. The second kappa shape index (κ2) is 7.94. The van der Waals surface area contributed by atoms with E-state index in [4.69, 9.17) is 0 Å². The Kier molecular flexibility index (Phi) is 5.46. The zero-order valence-electron chi connectivity index (χ0n) is 13.8. The molecule has 0 aliphatic rings. The second-order valence-corrected chi connectivity index (χ2v) is 6.59. The van der Waals surface area contributed by atoms with Crippen molar-refractivity contribution in [1.29, 1.82) is 0 Å². The zero-order valence-corrected chi connectivity index (χ0v) is 15.4. The molecule has 25 heavy (non-hydrogen) atoms. The molecular formula is C20H18BrN3O. The van der Waals surface area contributed by atoms with Crippen molar-refractivity contribution in [3.05, 3.63) is 88.2 Å². The number of hydrogen-bond acceptors (Lipinski definition) is 3. The van der Waals surface area contributed by atoms with Gasteiger partial charge in [-0.15, -0.1) is 0 Å². The molecule has 0 atom stereocenters. The number of hydrogen-bond donors (Lipinski definition) is 2. The monoisotopic (exact) mass is 395 g/mol. The number of aryl methyl sites for hydroxylation is 1. The van der Waals surface area contributed by atoms with Crippen molar-refractivity contribution in [2.45, 2.75) is 13.5 Å². The predicted molar refractivity (Wildman–Crippen MR) is 104 cm³/mol. The van der Waals surface area contributed by atoms with Crippen LogP contribution in [0.3, 0.4) is 0 Å². The van der Waals surface area contributed by atoms with Crippen LogP contribution in [0.4, 0.5) is 11.4 Å². The standard InChI is InChI=1S/C20H18BrN3O/c1-14-6-8-15(9-7-14)11-23-20(25)16-10-17(13-22-12-16)24-19-5-3-2-4-18(19)21/h2-10,12-13,24H,11H2,1H3,(H,23,25). The van der Waals surface area contributed by atoms with Crippen molar-refractivity contribution in [1.82, 2.24) is 10.3 Å². The Hall–Kier alpha value is -2.66. The summed E-state index contributed by atoms with van der Waals surface area (Å²) in [5.74, 6) is -0.149. The molecule has 0 bridgehead atoms. The Morgan fingerprint density at radius 3 is 2.60 bits per heavy atom. The average molecular weight is 396 g/mol. The van der Waals surface area contributed by atoms with Gasteiger partial charge in [0.1, 0.15) is 0 Å². The summed E-state index contributed by atoms with van der Waals surface area (Å²) in [4.78, 5) is 16.5. The van der Waals surface area contributed by atoms with Crippen LogP contribution in [0.1, 0.15) is 21.5 Å². The lowest BCUT2D eigenvalue weighted by atomic mass is 10.1. The SMILES string of the molecule is Cc1ccc(CNC(=O)c2cncc(Nc3ccccc3Br)c2)cc1. The molecule has 0 spiro atoms. The fourth-order valence-corrected chi connectivity index (χ4v) is 2.72. The van der Waals surface area contributed by atoms with Crippen LogP contribution in [0.5, 0.6) is 0 Å². The van der Waals surface area contributed by atoms with Gasteiger partial charge in [0.25, 0.3) is 5.91 Å². The van der Waals surface area contributed by atoms with E-state index in [1.807, 2.05) is 55.5 Å². The number of rotatable bonds is 5. The minimum absolute atomic E-state index is 0.149. The van der Waals surface area contributed by atoms with Crippen LogP contribution in [0.15, 0.2) is 71.5 Å². The topological polar surface area (TPSA) is 54.0 Å². The molecule has 0 saturated carbocycles. The van der Waals surface area contributed by atoms with Gasteiger partial charge in [-0.05, 0) is 46.6 Å². The number of nitrogens with one attached hydrogen (secondary N) is 2. The highest BCUT2D eigenvalue weighted by atomic mass is 79.9. The number of amides is 1. The van der Waals surface area contributed by atoms with Gasteiger partial charge in [0, 0.05) is 17.2 Å². The minimum atomic E-state index is -0.149. The summed E-state index contributed by atoms with van der Waals surface area (Å²) in [6.07, 6.45) is 3.26. The highest BCUT2D eigenvalue weighted by Crippen LogP contribution is 2.25. The third-order valence-corrected chi connectivity index (χ3v) is 4.42. The maximum Gasteiger partial charge on any atom is 0.253 e. The lowest BCUT2D eigenvalue weighted by molar-refractivity contribution is 0.0950. The number of nitrogens with zero attached hydrogens (tertiary/aromatic N) is 1. The summed E-state index contributed by atoms with van der Waals surface area (Å²) in [5.41, 5.74) is 4.46. The molecule has 3 aromatic rings. The average Bonchev–Trinajstić information content (AvgIpc) is 2.63. The number of pyridine rings is 1. The van der Waals surface area contributed by atoms with E-state index in [2.05, 4.69) is 31.5 Å². The van der Waals surface area contributed by atoms with Crippen LogP contribution in [0.2, 0.25) is 0 Å². The minimum Gasteiger partial charge on any atom is -0.353 e. The molecule has 1 aromatic heterocycles. The van der Waals surface area contributed by atoms with Crippen LogP contribution < -0.4 is 10.6 Å². The number of benzene rings is 2. The molecule has 126 valence electrons. The van der Waals surface area contributed by atoms with Crippen LogP contribution in [-0.4, -0.2) is 10.9 Å². The molecule has 1 heterocycles. The van der Waals surface area contributed by atoms with E-state index in [0.29, 0.717) is 12.1 Å². The van der Waals surface area contributed by atoms with Crippen molar-refractivity contribution in [2.24, 2.45) is 0 Å². The molecular weight excluding hydrogens is 378 g/mol. The number of aromatic nitrogens is 1. The van der Waals surface area contributed by atoms with Gasteiger partial charge in [0.2, 0.25) is 0 Å². The van der Waals surface area contributed by atoms with Crippen molar-refractivity contribution < 1.29 is 4.79 Å². The van der Waals surface area contributed by atoms with E-state index in [-0.39, 0.29) is 5.91 Å². The van der Waals surface area contributed by atoms with E-state index in [1.165, 1.54) is 5.56 Å². The maximum atomic E-state index is 12.4. The predicted octanol–water partition coefficient (Wildman–Crippen LogP) is 4.83. The first-order valence-corrected chi connectivity index (χ1v) is 8.71. The van der Waals surface area contributed by atoms with Crippen LogP contribution in [-0.2, 0) is 6.54 Å². The van der Waals surface area contributed by atoms with Gasteiger partial charge in [-0.25, -0.2) is 0 Å². The molecule has 2 N–H and O–H groups in total. The van der Waals surface area contributed by atoms with E-state index >= 15 is 0 Å². The molecule has 2 aromatic carbocycles. The van der Waals surface area contributed by atoms with Crippen LogP contribution in [0, 0.1) is 6.92 Å². The Balaban J connectivity index is 1.67. The van der Waals surface area contributed by atoms with E-state index in [0.717, 1.165) is 21.4 Å². The second-order valence-electron chi connectivity index (χ2n) is 5.74. The van der Waals surface area contributed by atoms with Crippen molar-refractivity contribution in [3.63, 3.8) is 0 Å². The first-order valence-electron chi connectivity index (χ1n) is 7.92. The van der Waals surface area contributed by atoms with Crippen LogP contribution >= 0.6 is 15.9 Å². The number of carbonyl (C=O) groups excluding carboxylic acids is 1. The van der Waals surface area contributed by atoms with E-state index < -0.39 is 0 Å². The molecule has 0 unspecified atom stereocenters. The smallest absolute Gasteiger partial charge is 0.253 e. The van der Waals surface area contributed by atoms with Gasteiger partial charge in [0.05, 0.1) is 23.1 Å². The van der Waals surface area contributed by atoms with Crippen molar-refractivity contribution >= 4 is 33.2 Å². The van der Waals surface area contributed by atoms with Crippen LogP contribution in [0.25, 0.3) is 0 Å². The Morgan fingerprint density at radius 2 is 1.84 bits per heavy atom. The Labute approximate surface area is 155 Å². The molecule has 0 radical (unpaired) electrons. The summed E-state index contributed by atoms with van der Waals surface area (Å²) < 4.78 is 0.948. The summed E-state index contributed by atoms with van der Waals surface area (Å²) in [6.45, 7) is 2.53. The third-order valence-electron chi connectivity index (χ3n) is 3.73. The van der Waals surface area contributed by atoms with Gasteiger partial charge >= 0.3 is 0 Å². The number of anilines is 2. The fourth-order valence-electron chi connectivity index (χ4n) is 2.34. The summed E-state index contributed by atoms with van der Waals surface area (Å²) >= 11 is 3.49. The van der Waals surface area contributed by atoms with Gasteiger partial charge < -0.3 is 10.6 Å². The van der Waals surface area contributed by atoms with Gasteiger partial charge in [-0.3, -0.25) is 9.78 Å². The molecule has 5 heteroatoms. The van der Waals surface area contributed by atoms with Crippen molar-refractivity contribution in [3.8, 4) is 0 Å². The highest BCUT2D eigenvalue weighted by Gasteiger charge is 2.08. The quantitative estimate of drug-likeness (QED) is 0.650. The molecule has 0 aliphatic carbocycles. The third kappa shape index (κ3) is 4.67. The summed E-state index contributed by atoms with van der Waals surface area (Å²) in [5, 5.41) is 6.18.